The Morgan fingerprint density at radius 1 is 0.745 bits per heavy atom. The first-order chi connectivity index (χ1) is 22.6. The molecule has 0 heterocycles. The van der Waals surface area contributed by atoms with Crippen LogP contribution in [0.1, 0.15) is 155 Å². The zero-order valence-electron chi connectivity index (χ0n) is 31.2. The van der Waals surface area contributed by atoms with Crippen molar-refractivity contribution >= 4 is 13.6 Å². The average Bonchev–Trinajstić information content (AvgIpc) is 3.05. The van der Waals surface area contributed by atoms with E-state index in [-0.39, 0.29) is 31.3 Å². The quantitative estimate of drug-likeness (QED) is 0.0451. The summed E-state index contributed by atoms with van der Waals surface area (Å²) in [5, 5.41) is 0. The van der Waals surface area contributed by atoms with Crippen molar-refractivity contribution in [3.63, 3.8) is 0 Å². The SMILES string of the molecule is CCCCCCCCCCCCCCCCCCOc1ccccc1CC(COP(=O)(O)OCCCC[N+](C)(C)CC)CC(=O)CC. The summed E-state index contributed by atoms with van der Waals surface area (Å²) in [6, 6.07) is 7.91. The molecule has 1 aromatic rings. The minimum absolute atomic E-state index is 0.0211. The number of hydrogen-bond donors (Lipinski definition) is 1. The number of ether oxygens (including phenoxy) is 1. The lowest BCUT2D eigenvalue weighted by atomic mass is 9.94. The van der Waals surface area contributed by atoms with Crippen molar-refractivity contribution in [1.29, 1.82) is 0 Å². The van der Waals surface area contributed by atoms with Gasteiger partial charge in [-0.3, -0.25) is 13.8 Å². The highest BCUT2D eigenvalue weighted by molar-refractivity contribution is 7.47. The molecule has 0 aliphatic rings. The lowest BCUT2D eigenvalue weighted by Crippen LogP contribution is -2.39. The molecular formula is C39H73NO6P+. The van der Waals surface area contributed by atoms with Crippen molar-refractivity contribution in [3.8, 4) is 5.75 Å². The van der Waals surface area contributed by atoms with Crippen molar-refractivity contribution < 1.29 is 32.5 Å². The van der Waals surface area contributed by atoms with Crippen LogP contribution in [0.3, 0.4) is 0 Å². The van der Waals surface area contributed by atoms with Gasteiger partial charge in [0.25, 0.3) is 0 Å². The summed E-state index contributed by atoms with van der Waals surface area (Å²) in [6.07, 6.45) is 24.3. The molecule has 8 heteroatoms. The van der Waals surface area contributed by atoms with E-state index < -0.39 is 7.82 Å². The van der Waals surface area contributed by atoms with Gasteiger partial charge in [0.1, 0.15) is 11.5 Å². The maximum Gasteiger partial charge on any atom is 0.472 e. The topological polar surface area (TPSA) is 82.1 Å². The fourth-order valence-corrected chi connectivity index (χ4v) is 6.66. The van der Waals surface area contributed by atoms with E-state index in [0.717, 1.165) is 41.7 Å². The number of phosphoric ester groups is 1. The van der Waals surface area contributed by atoms with E-state index in [4.69, 9.17) is 13.8 Å². The van der Waals surface area contributed by atoms with Gasteiger partial charge in [0.05, 0.1) is 47.0 Å². The van der Waals surface area contributed by atoms with Gasteiger partial charge in [0.15, 0.2) is 0 Å². The molecule has 0 bridgehead atoms. The Balaban J connectivity index is 2.33. The third-order valence-electron chi connectivity index (χ3n) is 9.39. The summed E-state index contributed by atoms with van der Waals surface area (Å²) >= 11 is 0. The van der Waals surface area contributed by atoms with Crippen LogP contribution in [0.5, 0.6) is 5.75 Å². The molecule has 0 aliphatic heterocycles. The van der Waals surface area contributed by atoms with Crippen LogP contribution in [0.15, 0.2) is 24.3 Å². The monoisotopic (exact) mass is 683 g/mol. The first-order valence-corrected chi connectivity index (χ1v) is 20.8. The third-order valence-corrected chi connectivity index (χ3v) is 10.4. The number of rotatable bonds is 33. The zero-order valence-corrected chi connectivity index (χ0v) is 32.0. The number of para-hydroxylation sites is 1. The van der Waals surface area contributed by atoms with E-state index in [2.05, 4.69) is 27.9 Å². The van der Waals surface area contributed by atoms with Gasteiger partial charge in [-0.25, -0.2) is 4.57 Å². The predicted octanol–water partition coefficient (Wildman–Crippen LogP) is 10.9. The van der Waals surface area contributed by atoms with Crippen molar-refractivity contribution in [2.75, 3.05) is 47.0 Å². The summed E-state index contributed by atoms with van der Waals surface area (Å²) in [6.45, 7) is 9.11. The number of carbonyl (C=O) groups is 1. The van der Waals surface area contributed by atoms with Crippen LogP contribution in [0.25, 0.3) is 0 Å². The smallest absolute Gasteiger partial charge is 0.472 e. The molecule has 2 atom stereocenters. The van der Waals surface area contributed by atoms with Gasteiger partial charge >= 0.3 is 7.82 Å². The lowest BCUT2D eigenvalue weighted by Gasteiger charge is -2.28. The van der Waals surface area contributed by atoms with Crippen molar-refractivity contribution in [3.05, 3.63) is 29.8 Å². The number of nitrogens with zero attached hydrogens (tertiary/aromatic N) is 1. The van der Waals surface area contributed by atoms with Crippen molar-refractivity contribution in [1.82, 2.24) is 0 Å². The molecule has 274 valence electrons. The van der Waals surface area contributed by atoms with Crippen LogP contribution in [0.4, 0.5) is 0 Å². The Morgan fingerprint density at radius 3 is 1.83 bits per heavy atom. The van der Waals surface area contributed by atoms with E-state index in [1.165, 1.54) is 96.3 Å². The average molecular weight is 683 g/mol. The van der Waals surface area contributed by atoms with Gasteiger partial charge in [-0.1, -0.05) is 128 Å². The van der Waals surface area contributed by atoms with Crippen LogP contribution in [-0.4, -0.2) is 62.2 Å². The molecule has 2 unspecified atom stereocenters. The number of quaternary nitrogens is 1. The molecule has 0 aliphatic carbocycles. The molecule has 0 fully saturated rings. The molecule has 1 N–H and O–H groups in total. The Hall–Kier alpha value is -1.24. The maximum atomic E-state index is 12.6. The second kappa shape index (κ2) is 27.6. The summed E-state index contributed by atoms with van der Waals surface area (Å²) < 4.78 is 30.3. The summed E-state index contributed by atoms with van der Waals surface area (Å²) in [5.74, 6) is 0.684. The highest BCUT2D eigenvalue weighted by Gasteiger charge is 2.25. The highest BCUT2D eigenvalue weighted by Crippen LogP contribution is 2.44. The van der Waals surface area contributed by atoms with Crippen molar-refractivity contribution in [2.24, 2.45) is 5.92 Å². The van der Waals surface area contributed by atoms with Crippen LogP contribution in [0, 0.1) is 5.92 Å². The molecule has 1 rings (SSSR count). The molecule has 0 saturated heterocycles. The molecular weight excluding hydrogens is 609 g/mol. The fourth-order valence-electron chi connectivity index (χ4n) is 5.83. The maximum absolute atomic E-state index is 12.6. The van der Waals surface area contributed by atoms with Crippen LogP contribution in [0.2, 0.25) is 0 Å². The fraction of sp³-hybridized carbons (Fsp3) is 0.821. The minimum Gasteiger partial charge on any atom is -0.493 e. The molecule has 0 radical (unpaired) electrons. The number of ketones is 1. The summed E-state index contributed by atoms with van der Waals surface area (Å²) in [7, 11) is 0.141. The Bertz CT molecular complexity index is 955. The predicted molar refractivity (Wildman–Crippen MR) is 197 cm³/mol. The molecule has 1 aromatic carbocycles. The molecule has 0 spiro atoms. The number of Topliss-reactive ketones (excluding diaryl/α,β-unsaturated/α-hetero) is 1. The second-order valence-electron chi connectivity index (χ2n) is 14.2. The largest absolute Gasteiger partial charge is 0.493 e. The number of carbonyl (C=O) groups excluding carboxylic acids is 1. The van der Waals surface area contributed by atoms with Crippen molar-refractivity contribution in [2.45, 2.75) is 156 Å². The van der Waals surface area contributed by atoms with E-state index in [0.29, 0.717) is 25.9 Å². The van der Waals surface area contributed by atoms with E-state index in [9.17, 15) is 14.3 Å². The normalized spacial score (nSPS) is 13.8. The first kappa shape index (κ1) is 43.8. The summed E-state index contributed by atoms with van der Waals surface area (Å²) in [4.78, 5) is 22.7. The van der Waals surface area contributed by atoms with Gasteiger partial charge < -0.3 is 14.1 Å². The minimum atomic E-state index is -4.20. The highest BCUT2D eigenvalue weighted by atomic mass is 31.2. The number of unbranched alkanes of at least 4 members (excludes halogenated alkanes) is 16. The Morgan fingerprint density at radius 2 is 1.28 bits per heavy atom. The van der Waals surface area contributed by atoms with E-state index >= 15 is 0 Å². The standard InChI is InChI=1S/C39H72NO6P/c1-6-9-10-11-12-13-14-15-16-17-18-19-20-21-22-26-31-44-39-29-24-23-28-37(39)33-36(34-38(41)7-2)35-46-47(42,43)45-32-27-25-30-40(4,5)8-3/h23-24,28-29,36H,6-22,25-27,30-35H2,1-5H3/p+1. The molecule has 0 aromatic heterocycles. The summed E-state index contributed by atoms with van der Waals surface area (Å²) in [5.41, 5.74) is 0.992. The first-order valence-electron chi connectivity index (χ1n) is 19.3. The number of hydrogen-bond acceptors (Lipinski definition) is 5. The van der Waals surface area contributed by atoms with Gasteiger partial charge in [0, 0.05) is 12.8 Å². The van der Waals surface area contributed by atoms with Crippen LogP contribution < -0.4 is 4.74 Å². The van der Waals surface area contributed by atoms with E-state index in [1.807, 2.05) is 31.2 Å². The zero-order chi connectivity index (χ0) is 34.6. The molecule has 0 amide bonds. The molecule has 47 heavy (non-hydrogen) atoms. The lowest BCUT2D eigenvalue weighted by molar-refractivity contribution is -0.888. The van der Waals surface area contributed by atoms with Gasteiger partial charge in [0.2, 0.25) is 0 Å². The third kappa shape index (κ3) is 24.5. The molecule has 7 nitrogen and oxygen atoms in total. The van der Waals surface area contributed by atoms with Gasteiger partial charge in [-0.05, 0) is 50.2 Å². The Kier molecular flexibility index (Phi) is 25.7. The Labute approximate surface area is 289 Å². The van der Waals surface area contributed by atoms with Gasteiger partial charge in [-0.2, -0.15) is 0 Å². The van der Waals surface area contributed by atoms with Crippen LogP contribution >= 0.6 is 7.82 Å². The molecule has 0 saturated carbocycles. The van der Waals surface area contributed by atoms with Gasteiger partial charge in [-0.15, -0.1) is 0 Å². The second-order valence-corrected chi connectivity index (χ2v) is 15.7. The van der Waals surface area contributed by atoms with E-state index in [1.54, 1.807) is 0 Å². The number of benzene rings is 1. The van der Waals surface area contributed by atoms with Crippen LogP contribution in [-0.2, 0) is 24.8 Å². The number of phosphoric acid groups is 1.